The molecule has 82 valence electrons. The number of carbonyl (C=O) groups excluding carboxylic acids is 2. The second-order valence-electron chi connectivity index (χ2n) is 3.45. The quantitative estimate of drug-likeness (QED) is 0.829. The highest BCUT2D eigenvalue weighted by Gasteiger charge is 2.12. The van der Waals surface area contributed by atoms with E-state index in [1.54, 1.807) is 6.20 Å². The molecule has 1 aromatic heterocycles. The lowest BCUT2D eigenvalue weighted by Gasteiger charge is -1.96. The highest BCUT2D eigenvalue weighted by atomic mass is 32.2. The molecule has 3 nitrogen and oxygen atoms in total. The Hall–Kier alpha value is -1.55. The van der Waals surface area contributed by atoms with Gasteiger partial charge in [-0.2, -0.15) is 0 Å². The molecule has 0 saturated carbocycles. The van der Waals surface area contributed by atoms with Crippen LogP contribution in [-0.4, -0.2) is 21.6 Å². The molecule has 0 amide bonds. The average Bonchev–Trinajstić information content (AvgIpc) is 2.69. The zero-order valence-electron chi connectivity index (χ0n) is 8.82. The summed E-state index contributed by atoms with van der Waals surface area (Å²) in [5, 5.41) is 0.879. The molecule has 0 radical (unpaired) electrons. The van der Waals surface area contributed by atoms with Gasteiger partial charge in [0.25, 0.3) is 0 Å². The van der Waals surface area contributed by atoms with Crippen LogP contribution < -0.4 is 0 Å². The molecule has 0 saturated heterocycles. The van der Waals surface area contributed by atoms with E-state index >= 15 is 0 Å². The third-order valence-electron chi connectivity index (χ3n) is 2.30. The Balaban J connectivity index is 2.26. The van der Waals surface area contributed by atoms with E-state index in [2.05, 4.69) is 4.98 Å². The van der Waals surface area contributed by atoms with Crippen molar-refractivity contribution in [1.82, 2.24) is 4.98 Å². The molecule has 0 atom stereocenters. The minimum absolute atomic E-state index is 0.0161. The van der Waals surface area contributed by atoms with Gasteiger partial charge in [0.2, 0.25) is 0 Å². The van der Waals surface area contributed by atoms with Gasteiger partial charge in [-0.25, -0.2) is 0 Å². The fraction of sp³-hybridized carbons (Fsp3) is 0.167. The Morgan fingerprint density at radius 1 is 1.31 bits per heavy atom. The highest BCUT2D eigenvalue weighted by Crippen LogP contribution is 2.19. The Kier molecular flexibility index (Phi) is 3.10. The number of hydrogen-bond donors (Lipinski definition) is 1. The van der Waals surface area contributed by atoms with E-state index < -0.39 is 0 Å². The molecule has 0 aliphatic rings. The predicted octanol–water partition coefficient (Wildman–Crippen LogP) is 2.63. The molecule has 0 spiro atoms. The van der Waals surface area contributed by atoms with Gasteiger partial charge >= 0.3 is 0 Å². The normalized spacial score (nSPS) is 10.6. The van der Waals surface area contributed by atoms with Gasteiger partial charge in [-0.1, -0.05) is 30.0 Å². The first-order valence-corrected chi connectivity index (χ1v) is 5.89. The van der Waals surface area contributed by atoms with E-state index in [0.717, 1.165) is 22.7 Å². The van der Waals surface area contributed by atoms with E-state index in [-0.39, 0.29) is 16.7 Å². The second kappa shape index (κ2) is 4.53. The van der Waals surface area contributed by atoms with E-state index in [1.165, 1.54) is 6.92 Å². The Morgan fingerprint density at radius 3 is 2.81 bits per heavy atom. The van der Waals surface area contributed by atoms with Crippen molar-refractivity contribution in [2.75, 3.05) is 5.75 Å². The predicted molar refractivity (Wildman–Crippen MR) is 65.8 cm³/mol. The number of Topliss-reactive ketones (excluding diaryl/α,β-unsaturated/α-hetero) is 1. The minimum atomic E-state index is -0.0341. The number of carbonyl (C=O) groups is 2. The lowest BCUT2D eigenvalue weighted by Crippen LogP contribution is -2.03. The molecule has 16 heavy (non-hydrogen) atoms. The van der Waals surface area contributed by atoms with Crippen LogP contribution in [0.15, 0.2) is 30.5 Å². The van der Waals surface area contributed by atoms with Gasteiger partial charge in [0.05, 0.1) is 5.75 Å². The number of para-hydroxylation sites is 1. The summed E-state index contributed by atoms with van der Waals surface area (Å²) in [5.41, 5.74) is 1.60. The topological polar surface area (TPSA) is 49.9 Å². The standard InChI is InChI=1S/C12H11NO2S/c1-8(14)16-7-12(15)10-6-13-11-5-3-2-4-9(10)11/h2-6,13H,7H2,1H3. The summed E-state index contributed by atoms with van der Waals surface area (Å²) < 4.78 is 0. The van der Waals surface area contributed by atoms with E-state index in [4.69, 9.17) is 0 Å². The number of aromatic nitrogens is 1. The summed E-state index contributed by atoms with van der Waals surface area (Å²) in [5.74, 6) is 0.189. The smallest absolute Gasteiger partial charge is 0.186 e. The minimum Gasteiger partial charge on any atom is -0.360 e. The molecule has 1 N–H and O–H groups in total. The van der Waals surface area contributed by atoms with Crippen molar-refractivity contribution in [2.24, 2.45) is 0 Å². The first kappa shape index (κ1) is 11.0. The van der Waals surface area contributed by atoms with Crippen LogP contribution in [0.1, 0.15) is 17.3 Å². The third-order valence-corrected chi connectivity index (χ3v) is 3.11. The van der Waals surface area contributed by atoms with Crippen molar-refractivity contribution in [3.63, 3.8) is 0 Å². The molecule has 4 heteroatoms. The molecule has 1 aromatic carbocycles. The maximum Gasteiger partial charge on any atom is 0.186 e. The molecular weight excluding hydrogens is 222 g/mol. The van der Waals surface area contributed by atoms with Crippen LogP contribution in [0.4, 0.5) is 0 Å². The number of ketones is 1. The monoisotopic (exact) mass is 233 g/mol. The fourth-order valence-corrected chi connectivity index (χ4v) is 2.04. The van der Waals surface area contributed by atoms with Crippen molar-refractivity contribution < 1.29 is 9.59 Å². The maximum absolute atomic E-state index is 11.8. The second-order valence-corrected chi connectivity index (χ2v) is 4.60. The number of thioether (sulfide) groups is 1. The summed E-state index contributed by atoms with van der Waals surface area (Å²) in [6.45, 7) is 1.47. The van der Waals surface area contributed by atoms with E-state index in [1.807, 2.05) is 24.3 Å². The summed E-state index contributed by atoms with van der Waals surface area (Å²) in [6.07, 6.45) is 1.70. The van der Waals surface area contributed by atoms with Gasteiger partial charge in [0.1, 0.15) is 0 Å². The maximum atomic E-state index is 11.8. The zero-order chi connectivity index (χ0) is 11.5. The zero-order valence-corrected chi connectivity index (χ0v) is 9.64. The average molecular weight is 233 g/mol. The third kappa shape index (κ3) is 2.17. The molecule has 0 unspecified atom stereocenters. The van der Waals surface area contributed by atoms with Crippen LogP contribution in [0.25, 0.3) is 10.9 Å². The molecular formula is C12H11NO2S. The number of benzene rings is 1. The van der Waals surface area contributed by atoms with E-state index in [9.17, 15) is 9.59 Å². The van der Waals surface area contributed by atoms with Crippen LogP contribution in [0, 0.1) is 0 Å². The molecule has 0 aliphatic carbocycles. The summed E-state index contributed by atoms with van der Waals surface area (Å²) >= 11 is 1.04. The van der Waals surface area contributed by atoms with Crippen LogP contribution in [0.3, 0.4) is 0 Å². The Morgan fingerprint density at radius 2 is 2.06 bits per heavy atom. The first-order chi connectivity index (χ1) is 7.68. The SMILES string of the molecule is CC(=O)SCC(=O)c1c[nH]c2ccccc12. The molecule has 0 aliphatic heterocycles. The van der Waals surface area contributed by atoms with Crippen LogP contribution >= 0.6 is 11.8 Å². The van der Waals surface area contributed by atoms with Gasteiger partial charge in [-0.3, -0.25) is 9.59 Å². The molecule has 0 bridgehead atoms. The number of rotatable bonds is 3. The number of H-pyrrole nitrogens is 1. The Bertz CT molecular complexity index is 545. The van der Waals surface area contributed by atoms with Crippen LogP contribution in [0.2, 0.25) is 0 Å². The highest BCUT2D eigenvalue weighted by molar-refractivity contribution is 8.14. The van der Waals surface area contributed by atoms with Gasteiger partial charge in [-0.15, -0.1) is 0 Å². The van der Waals surface area contributed by atoms with Crippen molar-refractivity contribution in [3.05, 3.63) is 36.0 Å². The van der Waals surface area contributed by atoms with Crippen molar-refractivity contribution in [1.29, 1.82) is 0 Å². The Labute approximate surface area is 97.2 Å². The van der Waals surface area contributed by atoms with Crippen molar-refractivity contribution >= 4 is 33.6 Å². The first-order valence-electron chi connectivity index (χ1n) is 4.91. The summed E-state index contributed by atoms with van der Waals surface area (Å²) in [7, 11) is 0. The van der Waals surface area contributed by atoms with Crippen LogP contribution in [0.5, 0.6) is 0 Å². The largest absolute Gasteiger partial charge is 0.360 e. The molecule has 0 fully saturated rings. The van der Waals surface area contributed by atoms with Gasteiger partial charge in [0, 0.05) is 29.6 Å². The van der Waals surface area contributed by atoms with Gasteiger partial charge in [-0.05, 0) is 6.07 Å². The molecule has 2 rings (SSSR count). The van der Waals surface area contributed by atoms with Gasteiger partial charge < -0.3 is 4.98 Å². The molecule has 1 heterocycles. The van der Waals surface area contributed by atoms with Crippen molar-refractivity contribution in [2.45, 2.75) is 6.92 Å². The summed E-state index contributed by atoms with van der Waals surface area (Å²) in [6, 6.07) is 7.63. The molecule has 2 aromatic rings. The van der Waals surface area contributed by atoms with Gasteiger partial charge in [0.15, 0.2) is 10.9 Å². The van der Waals surface area contributed by atoms with Crippen molar-refractivity contribution in [3.8, 4) is 0 Å². The lowest BCUT2D eigenvalue weighted by atomic mass is 10.1. The summed E-state index contributed by atoms with van der Waals surface area (Å²) in [4.78, 5) is 25.7. The number of fused-ring (bicyclic) bond motifs is 1. The lowest BCUT2D eigenvalue weighted by molar-refractivity contribution is -0.109. The number of hydrogen-bond acceptors (Lipinski definition) is 3. The number of nitrogens with one attached hydrogen (secondary N) is 1. The number of aromatic amines is 1. The fourth-order valence-electron chi connectivity index (χ4n) is 1.55. The van der Waals surface area contributed by atoms with Crippen LogP contribution in [-0.2, 0) is 4.79 Å². The van der Waals surface area contributed by atoms with E-state index in [0.29, 0.717) is 5.56 Å².